The van der Waals surface area contributed by atoms with Gasteiger partial charge in [0.25, 0.3) is 0 Å². The van der Waals surface area contributed by atoms with Crippen molar-refractivity contribution in [2.75, 3.05) is 6.54 Å². The van der Waals surface area contributed by atoms with Gasteiger partial charge in [-0.2, -0.15) is 0 Å². The molecule has 0 rings (SSSR count). The first-order valence-electron chi connectivity index (χ1n) is 5.75. The Hall–Kier alpha value is -1.79. The normalized spacial score (nSPS) is 12.6. The first-order chi connectivity index (χ1) is 8.19. The lowest BCUT2D eigenvalue weighted by atomic mass is 9.93. The highest BCUT2D eigenvalue weighted by molar-refractivity contribution is 5.81. The van der Waals surface area contributed by atoms with E-state index in [4.69, 9.17) is 10.8 Å². The van der Waals surface area contributed by atoms with Gasteiger partial charge in [0.05, 0.1) is 11.8 Å². The van der Waals surface area contributed by atoms with E-state index in [1.54, 1.807) is 20.8 Å². The molecule has 0 aromatic rings. The summed E-state index contributed by atoms with van der Waals surface area (Å²) in [7, 11) is 0. The SMILES string of the molecule is CCC(CC(=O)O)NC(=O)NCC(C)(C)C(N)=O. The summed E-state index contributed by atoms with van der Waals surface area (Å²) < 4.78 is 0. The summed E-state index contributed by atoms with van der Waals surface area (Å²) in [6.45, 7) is 5.10. The van der Waals surface area contributed by atoms with Gasteiger partial charge in [-0.1, -0.05) is 6.92 Å². The van der Waals surface area contributed by atoms with Crippen LogP contribution in [0.3, 0.4) is 0 Å². The topological polar surface area (TPSA) is 122 Å². The summed E-state index contributed by atoms with van der Waals surface area (Å²) in [5.41, 5.74) is 4.32. The zero-order valence-corrected chi connectivity index (χ0v) is 10.9. The van der Waals surface area contributed by atoms with Gasteiger partial charge < -0.3 is 21.5 Å². The molecule has 7 heteroatoms. The summed E-state index contributed by atoms with van der Waals surface area (Å²) in [6.07, 6.45) is 0.377. The summed E-state index contributed by atoms with van der Waals surface area (Å²) in [5, 5.41) is 13.7. The van der Waals surface area contributed by atoms with Crippen molar-refractivity contribution in [1.29, 1.82) is 0 Å². The third-order valence-electron chi connectivity index (χ3n) is 2.61. The van der Waals surface area contributed by atoms with Crippen LogP contribution in [0.4, 0.5) is 4.79 Å². The second-order valence-corrected chi connectivity index (χ2v) is 4.78. The highest BCUT2D eigenvalue weighted by atomic mass is 16.4. The maximum atomic E-state index is 11.5. The number of urea groups is 1. The summed E-state index contributed by atoms with van der Waals surface area (Å²) in [6, 6.07) is -0.934. The lowest BCUT2D eigenvalue weighted by Crippen LogP contribution is -2.48. The first kappa shape index (κ1) is 16.2. The minimum atomic E-state index is -0.973. The predicted molar refractivity (Wildman–Crippen MR) is 65.8 cm³/mol. The fourth-order valence-corrected chi connectivity index (χ4v) is 1.13. The molecule has 0 radical (unpaired) electrons. The van der Waals surface area contributed by atoms with Crippen LogP contribution in [-0.4, -0.2) is 35.6 Å². The van der Waals surface area contributed by atoms with Crippen LogP contribution in [0.25, 0.3) is 0 Å². The molecule has 0 aromatic heterocycles. The molecule has 1 unspecified atom stereocenters. The molecular weight excluding hydrogens is 238 g/mol. The van der Waals surface area contributed by atoms with Gasteiger partial charge in [-0.3, -0.25) is 9.59 Å². The summed E-state index contributed by atoms with van der Waals surface area (Å²) in [5.74, 6) is -1.49. The number of aliphatic carboxylic acids is 1. The predicted octanol–water partition coefficient (Wildman–Crippen LogP) is 0.0504. The van der Waals surface area contributed by atoms with E-state index in [1.165, 1.54) is 0 Å². The second kappa shape index (κ2) is 6.83. The molecule has 0 saturated carbocycles. The van der Waals surface area contributed by atoms with Crippen molar-refractivity contribution in [3.8, 4) is 0 Å². The van der Waals surface area contributed by atoms with Crippen molar-refractivity contribution in [3.63, 3.8) is 0 Å². The fourth-order valence-electron chi connectivity index (χ4n) is 1.13. The van der Waals surface area contributed by atoms with Crippen LogP contribution >= 0.6 is 0 Å². The van der Waals surface area contributed by atoms with Crippen LogP contribution in [0.5, 0.6) is 0 Å². The zero-order chi connectivity index (χ0) is 14.3. The van der Waals surface area contributed by atoms with Gasteiger partial charge >= 0.3 is 12.0 Å². The Labute approximate surface area is 106 Å². The van der Waals surface area contributed by atoms with Crippen LogP contribution in [-0.2, 0) is 9.59 Å². The van der Waals surface area contributed by atoms with Gasteiger partial charge in [-0.25, -0.2) is 4.79 Å². The molecule has 5 N–H and O–H groups in total. The molecule has 1 atom stereocenters. The summed E-state index contributed by atoms with van der Waals surface area (Å²) >= 11 is 0. The van der Waals surface area contributed by atoms with E-state index in [1.807, 2.05) is 0 Å². The van der Waals surface area contributed by atoms with E-state index in [9.17, 15) is 14.4 Å². The van der Waals surface area contributed by atoms with Gasteiger partial charge in [-0.05, 0) is 20.3 Å². The summed E-state index contributed by atoms with van der Waals surface area (Å²) in [4.78, 5) is 33.0. The molecule has 0 aliphatic carbocycles. The molecule has 0 fully saturated rings. The quantitative estimate of drug-likeness (QED) is 0.516. The largest absolute Gasteiger partial charge is 0.481 e. The molecule has 0 saturated heterocycles. The highest BCUT2D eigenvalue weighted by Gasteiger charge is 2.25. The van der Waals surface area contributed by atoms with Crippen molar-refractivity contribution in [1.82, 2.24) is 10.6 Å². The molecule has 7 nitrogen and oxygen atoms in total. The minimum absolute atomic E-state index is 0.0949. The van der Waals surface area contributed by atoms with Crippen molar-refractivity contribution in [2.24, 2.45) is 11.1 Å². The fraction of sp³-hybridized carbons (Fsp3) is 0.727. The number of hydrogen-bond donors (Lipinski definition) is 4. The molecule has 0 bridgehead atoms. The Bertz CT molecular complexity index is 328. The molecule has 0 aliphatic heterocycles. The van der Waals surface area contributed by atoms with Gasteiger partial charge in [0.15, 0.2) is 0 Å². The van der Waals surface area contributed by atoms with E-state index in [2.05, 4.69) is 10.6 Å². The van der Waals surface area contributed by atoms with Crippen LogP contribution in [0.2, 0.25) is 0 Å². The van der Waals surface area contributed by atoms with Gasteiger partial charge in [0, 0.05) is 12.6 Å². The molecule has 0 heterocycles. The monoisotopic (exact) mass is 259 g/mol. The maximum Gasteiger partial charge on any atom is 0.315 e. The molecule has 0 aliphatic rings. The van der Waals surface area contributed by atoms with E-state index < -0.39 is 29.4 Å². The van der Waals surface area contributed by atoms with E-state index in [0.717, 1.165) is 0 Å². The van der Waals surface area contributed by atoms with E-state index in [0.29, 0.717) is 6.42 Å². The van der Waals surface area contributed by atoms with Gasteiger partial charge in [0.1, 0.15) is 0 Å². The first-order valence-corrected chi connectivity index (χ1v) is 5.75. The Morgan fingerprint density at radius 1 is 1.33 bits per heavy atom. The number of carboxylic acids is 1. The van der Waals surface area contributed by atoms with Gasteiger partial charge in [0.2, 0.25) is 5.91 Å². The van der Waals surface area contributed by atoms with Crippen LogP contribution in [0.15, 0.2) is 0 Å². The molecular formula is C11H21N3O4. The van der Waals surface area contributed by atoms with E-state index in [-0.39, 0.29) is 13.0 Å². The van der Waals surface area contributed by atoms with Gasteiger partial charge in [-0.15, -0.1) is 0 Å². The molecule has 104 valence electrons. The number of primary amides is 1. The highest BCUT2D eigenvalue weighted by Crippen LogP contribution is 2.11. The average Bonchev–Trinajstić information content (AvgIpc) is 2.24. The lowest BCUT2D eigenvalue weighted by molar-refractivity contribution is -0.137. The standard InChI is InChI=1S/C11H21N3O4/c1-4-7(5-8(15)16)14-10(18)13-6-11(2,3)9(12)17/h7H,4-6H2,1-3H3,(H2,12,17)(H,15,16)(H2,13,14,18). The number of carboxylic acid groups (broad SMARTS) is 1. The zero-order valence-electron chi connectivity index (χ0n) is 10.9. The number of amides is 3. The smallest absolute Gasteiger partial charge is 0.315 e. The van der Waals surface area contributed by atoms with Crippen molar-refractivity contribution < 1.29 is 19.5 Å². The second-order valence-electron chi connectivity index (χ2n) is 4.78. The average molecular weight is 259 g/mol. The molecule has 18 heavy (non-hydrogen) atoms. The molecule has 0 aromatic carbocycles. The van der Waals surface area contributed by atoms with Crippen LogP contribution in [0, 0.1) is 5.41 Å². The Balaban J connectivity index is 4.18. The van der Waals surface area contributed by atoms with Crippen molar-refractivity contribution >= 4 is 17.9 Å². The van der Waals surface area contributed by atoms with E-state index >= 15 is 0 Å². The van der Waals surface area contributed by atoms with Crippen molar-refractivity contribution in [2.45, 2.75) is 39.7 Å². The van der Waals surface area contributed by atoms with Crippen LogP contribution in [0.1, 0.15) is 33.6 Å². The lowest BCUT2D eigenvalue weighted by Gasteiger charge is -2.22. The third kappa shape index (κ3) is 6.07. The number of carbonyl (C=O) groups is 3. The number of nitrogens with two attached hydrogens (primary N) is 1. The van der Waals surface area contributed by atoms with Crippen LogP contribution < -0.4 is 16.4 Å². The number of rotatable bonds is 7. The number of nitrogens with one attached hydrogen (secondary N) is 2. The molecule has 0 spiro atoms. The Morgan fingerprint density at radius 2 is 1.89 bits per heavy atom. The number of hydrogen-bond acceptors (Lipinski definition) is 3. The third-order valence-corrected chi connectivity index (χ3v) is 2.61. The minimum Gasteiger partial charge on any atom is -0.481 e. The number of carbonyl (C=O) groups excluding carboxylic acids is 2. The Morgan fingerprint density at radius 3 is 2.28 bits per heavy atom. The maximum absolute atomic E-state index is 11.5. The molecule has 3 amide bonds. The Kier molecular flexibility index (Phi) is 6.15. The van der Waals surface area contributed by atoms with Crippen molar-refractivity contribution in [3.05, 3.63) is 0 Å².